The van der Waals surface area contributed by atoms with Crippen molar-refractivity contribution in [3.8, 4) is 80.5 Å². The van der Waals surface area contributed by atoms with Crippen molar-refractivity contribution in [3.05, 3.63) is 128 Å². The van der Waals surface area contributed by atoms with Crippen molar-refractivity contribution in [1.29, 1.82) is 0 Å². The van der Waals surface area contributed by atoms with Gasteiger partial charge in [0.1, 0.15) is 11.5 Å². The SMILES string of the molecule is Cc1cc(C23CC4CC(C2)CC(c2cc(C)c(O)c(C(c5ccc(O)c(O)c5O)c5ccc(O)c(O)c5O)c2)(C4)C3)cc(C(c2ccc(O)c(O)c2O)c2ccc(O)c(O)c2O)c1O. The van der Waals surface area contributed by atoms with Crippen LogP contribution in [0, 0.1) is 25.7 Å². The number of hydrogen-bond acceptors (Lipinski definition) is 14. The molecule has 14 N–H and O–H groups in total. The predicted octanol–water partition coefficient (Wildman–Crippen LogP) is 8.33. The van der Waals surface area contributed by atoms with Gasteiger partial charge in [-0.15, -0.1) is 0 Å². The van der Waals surface area contributed by atoms with Gasteiger partial charge in [0.2, 0.25) is 23.0 Å². The van der Waals surface area contributed by atoms with Gasteiger partial charge in [-0.3, -0.25) is 0 Å². The average molecular weight is 873 g/mol. The molecule has 0 aromatic heterocycles. The van der Waals surface area contributed by atoms with Crippen molar-refractivity contribution in [3.63, 3.8) is 0 Å². The number of aromatic hydroxyl groups is 14. The van der Waals surface area contributed by atoms with Crippen LogP contribution in [0.2, 0.25) is 0 Å². The Morgan fingerprint density at radius 3 is 0.922 bits per heavy atom. The maximum atomic E-state index is 11.9. The van der Waals surface area contributed by atoms with Crippen LogP contribution in [0.1, 0.15) is 106 Å². The van der Waals surface area contributed by atoms with E-state index in [4.69, 9.17) is 0 Å². The van der Waals surface area contributed by atoms with Gasteiger partial charge in [-0.1, -0.05) is 48.5 Å². The summed E-state index contributed by atoms with van der Waals surface area (Å²) in [6.45, 7) is 3.45. The summed E-state index contributed by atoms with van der Waals surface area (Å²) in [5.41, 5.74) is 1.96. The van der Waals surface area contributed by atoms with Crippen molar-refractivity contribution in [1.82, 2.24) is 0 Å². The summed E-state index contributed by atoms with van der Waals surface area (Å²) in [5.74, 6) is -11.1. The molecule has 14 nitrogen and oxygen atoms in total. The van der Waals surface area contributed by atoms with Crippen molar-refractivity contribution in [2.45, 2.75) is 75.0 Å². The van der Waals surface area contributed by atoms with Crippen LogP contribution < -0.4 is 0 Å². The average Bonchev–Trinajstić information content (AvgIpc) is 3.25. The van der Waals surface area contributed by atoms with Crippen molar-refractivity contribution >= 4 is 0 Å². The van der Waals surface area contributed by atoms with Gasteiger partial charge in [0.25, 0.3) is 0 Å². The summed E-state index contributed by atoms with van der Waals surface area (Å²) in [6.07, 6.45) is 4.69. The van der Waals surface area contributed by atoms with E-state index in [1.807, 2.05) is 24.3 Å². The number of aryl methyl sites for hydroxylation is 2. The second kappa shape index (κ2) is 14.5. The van der Waals surface area contributed by atoms with E-state index in [9.17, 15) is 71.5 Å². The molecule has 0 atom stereocenters. The van der Waals surface area contributed by atoms with Crippen LogP contribution in [0.3, 0.4) is 0 Å². The fraction of sp³-hybridized carbons (Fsp3) is 0.280. The first kappa shape index (κ1) is 41.9. The minimum atomic E-state index is -1.25. The van der Waals surface area contributed by atoms with E-state index in [1.54, 1.807) is 13.8 Å². The van der Waals surface area contributed by atoms with Gasteiger partial charge in [0.05, 0.1) is 0 Å². The highest BCUT2D eigenvalue weighted by Gasteiger charge is 2.59. The van der Waals surface area contributed by atoms with E-state index in [0.717, 1.165) is 67.5 Å². The maximum Gasteiger partial charge on any atom is 0.200 e. The second-order valence-electron chi connectivity index (χ2n) is 18.3. The fourth-order valence-corrected chi connectivity index (χ4v) is 11.9. The molecule has 6 aromatic rings. The molecule has 6 aromatic carbocycles. The Hall–Kier alpha value is -7.48. The Balaban J connectivity index is 1.22. The Kier molecular flexibility index (Phi) is 9.51. The monoisotopic (exact) mass is 872 g/mol. The van der Waals surface area contributed by atoms with Gasteiger partial charge in [-0.25, -0.2) is 0 Å². The molecule has 332 valence electrons. The van der Waals surface area contributed by atoms with Gasteiger partial charge >= 0.3 is 0 Å². The minimum absolute atomic E-state index is 0.0212. The first-order valence-corrected chi connectivity index (χ1v) is 20.9. The van der Waals surface area contributed by atoms with Gasteiger partial charge in [0, 0.05) is 45.2 Å². The maximum absolute atomic E-state index is 11.9. The van der Waals surface area contributed by atoms with Crippen LogP contribution in [-0.2, 0) is 10.8 Å². The topological polar surface area (TPSA) is 283 Å². The number of phenolic OH excluding ortho intramolecular Hbond substituents is 14. The molecule has 0 heterocycles. The normalized spacial score (nSPS) is 21.2. The Morgan fingerprint density at radius 2 is 0.641 bits per heavy atom. The number of benzene rings is 6. The molecule has 10 rings (SSSR count). The fourth-order valence-electron chi connectivity index (χ4n) is 11.9. The third kappa shape index (κ3) is 6.21. The highest BCUT2D eigenvalue weighted by Crippen LogP contribution is 2.67. The minimum Gasteiger partial charge on any atom is -0.507 e. The highest BCUT2D eigenvalue weighted by atomic mass is 16.3. The molecule has 0 amide bonds. The standard InChI is InChI=1S/C50H48O14/c1-21-11-25(14-31(39(21)55)37(27-3-7-33(51)45(61)41(27)57)28-4-8-34(52)46(62)42(28)58)49-16-23-13-24(17-49)19-50(18-23,20-49)26-12-22(2)40(56)32(15-26)38(29-5-9-35(53)47(63)43(29)59)30-6-10-36(54)48(64)44(30)60/h3-12,14-15,23-24,37-38,51-64H,13,16-20H2,1-2H3. The summed E-state index contributed by atoms with van der Waals surface area (Å²) in [6, 6.07) is 17.4. The Labute approximate surface area is 366 Å². The van der Waals surface area contributed by atoms with E-state index in [-0.39, 0.29) is 56.7 Å². The van der Waals surface area contributed by atoms with Gasteiger partial charge < -0.3 is 71.5 Å². The molecule has 4 saturated carbocycles. The lowest BCUT2D eigenvalue weighted by molar-refractivity contribution is -0.0282. The van der Waals surface area contributed by atoms with E-state index in [1.165, 1.54) is 24.3 Å². The zero-order chi connectivity index (χ0) is 45.9. The molecule has 4 bridgehead atoms. The molecule has 64 heavy (non-hydrogen) atoms. The summed E-state index contributed by atoms with van der Waals surface area (Å²) < 4.78 is 0. The van der Waals surface area contributed by atoms with Crippen LogP contribution in [0.25, 0.3) is 0 Å². The number of rotatable bonds is 8. The molecule has 0 radical (unpaired) electrons. The van der Waals surface area contributed by atoms with E-state index in [0.29, 0.717) is 17.5 Å². The summed E-state index contributed by atoms with van der Waals surface area (Å²) >= 11 is 0. The van der Waals surface area contributed by atoms with Crippen LogP contribution in [-0.4, -0.2) is 71.5 Å². The molecule has 0 unspecified atom stereocenters. The van der Waals surface area contributed by atoms with E-state index < -0.39 is 91.7 Å². The van der Waals surface area contributed by atoms with Crippen molar-refractivity contribution < 1.29 is 71.5 Å². The Morgan fingerprint density at radius 1 is 0.359 bits per heavy atom. The van der Waals surface area contributed by atoms with Crippen LogP contribution >= 0.6 is 0 Å². The number of phenols is 14. The highest BCUT2D eigenvalue weighted by molar-refractivity contribution is 5.68. The van der Waals surface area contributed by atoms with E-state index in [2.05, 4.69) is 0 Å². The van der Waals surface area contributed by atoms with Crippen LogP contribution in [0.15, 0.2) is 72.8 Å². The largest absolute Gasteiger partial charge is 0.507 e. The quantitative estimate of drug-likeness (QED) is 0.0506. The first-order valence-electron chi connectivity index (χ1n) is 20.9. The third-order valence-corrected chi connectivity index (χ3v) is 14.5. The van der Waals surface area contributed by atoms with E-state index >= 15 is 0 Å². The Bertz CT molecular complexity index is 2600. The lowest BCUT2D eigenvalue weighted by atomic mass is 9.41. The smallest absolute Gasteiger partial charge is 0.200 e. The summed E-state index contributed by atoms with van der Waals surface area (Å²) in [4.78, 5) is 0. The molecular formula is C50H48O14. The summed E-state index contributed by atoms with van der Waals surface area (Å²) in [5, 5.41) is 152. The summed E-state index contributed by atoms with van der Waals surface area (Å²) in [7, 11) is 0. The molecule has 0 saturated heterocycles. The molecule has 4 aliphatic carbocycles. The van der Waals surface area contributed by atoms with Gasteiger partial charge in [-0.05, 0) is 122 Å². The molecule has 4 fully saturated rings. The van der Waals surface area contributed by atoms with Gasteiger partial charge in [-0.2, -0.15) is 0 Å². The molecule has 14 heteroatoms. The van der Waals surface area contributed by atoms with Crippen molar-refractivity contribution in [2.75, 3.05) is 0 Å². The first-order chi connectivity index (χ1) is 30.3. The van der Waals surface area contributed by atoms with Crippen LogP contribution in [0.5, 0.6) is 80.5 Å². The molecule has 0 aliphatic heterocycles. The number of hydrogen-bond donors (Lipinski definition) is 14. The molecular weight excluding hydrogens is 825 g/mol. The lowest BCUT2D eigenvalue weighted by Gasteiger charge is -2.63. The lowest BCUT2D eigenvalue weighted by Crippen LogP contribution is -2.56. The molecule has 0 spiro atoms. The van der Waals surface area contributed by atoms with Crippen LogP contribution in [0.4, 0.5) is 0 Å². The third-order valence-electron chi connectivity index (χ3n) is 14.5. The second-order valence-corrected chi connectivity index (χ2v) is 18.3. The van der Waals surface area contributed by atoms with Crippen molar-refractivity contribution in [2.24, 2.45) is 11.8 Å². The zero-order valence-corrected chi connectivity index (χ0v) is 34.7. The predicted molar refractivity (Wildman–Crippen MR) is 231 cm³/mol. The molecule has 4 aliphatic rings. The van der Waals surface area contributed by atoms with Gasteiger partial charge in [0.15, 0.2) is 46.0 Å². The zero-order valence-electron chi connectivity index (χ0n) is 34.7.